The van der Waals surface area contributed by atoms with E-state index in [9.17, 15) is 4.79 Å². The first-order valence-corrected chi connectivity index (χ1v) is 8.57. The average Bonchev–Trinajstić information content (AvgIpc) is 3.23. The van der Waals surface area contributed by atoms with Gasteiger partial charge < -0.3 is 5.32 Å². The minimum absolute atomic E-state index is 0.185. The first-order valence-electron chi connectivity index (χ1n) is 8.19. The molecule has 1 N–H and O–H groups in total. The minimum atomic E-state index is -0.185. The van der Waals surface area contributed by atoms with E-state index in [0.717, 1.165) is 12.3 Å². The molecule has 1 aliphatic carbocycles. The van der Waals surface area contributed by atoms with Crippen LogP contribution in [-0.4, -0.2) is 27.4 Å². The van der Waals surface area contributed by atoms with Crippen LogP contribution in [-0.2, 0) is 0 Å². The Kier molecular flexibility index (Phi) is 5.28. The van der Waals surface area contributed by atoms with Gasteiger partial charge in [0.1, 0.15) is 0 Å². The van der Waals surface area contributed by atoms with Gasteiger partial charge in [-0.3, -0.25) is 4.79 Å². The van der Waals surface area contributed by atoms with Crippen molar-refractivity contribution in [3.63, 3.8) is 0 Å². The Morgan fingerprint density at radius 1 is 1.30 bits per heavy atom. The fourth-order valence-electron chi connectivity index (χ4n) is 3.11. The van der Waals surface area contributed by atoms with Gasteiger partial charge in [-0.05, 0) is 30.9 Å². The highest BCUT2D eigenvalue weighted by molar-refractivity contribution is 6.32. The maximum absolute atomic E-state index is 12.1. The van der Waals surface area contributed by atoms with Gasteiger partial charge in [0.25, 0.3) is 5.91 Å². The maximum atomic E-state index is 12.1. The highest BCUT2D eigenvalue weighted by atomic mass is 35.5. The lowest BCUT2D eigenvalue weighted by molar-refractivity contribution is 0.0947. The quantitative estimate of drug-likeness (QED) is 0.822. The normalized spacial score (nSPS) is 15.0. The van der Waals surface area contributed by atoms with Crippen LogP contribution in [0.3, 0.4) is 0 Å². The molecule has 1 aromatic carbocycles. The van der Waals surface area contributed by atoms with Gasteiger partial charge in [-0.15, -0.1) is 5.10 Å². The number of nitrogens with zero attached hydrogens (tertiary/aromatic N) is 3. The summed E-state index contributed by atoms with van der Waals surface area (Å²) in [5.74, 6) is 0.669. The molecule has 0 aliphatic heterocycles. The van der Waals surface area contributed by atoms with Crippen molar-refractivity contribution in [2.45, 2.75) is 38.5 Å². The van der Waals surface area contributed by atoms with Crippen LogP contribution in [0, 0.1) is 5.92 Å². The van der Waals surface area contributed by atoms with E-state index in [0.29, 0.717) is 22.9 Å². The number of rotatable bonds is 6. The van der Waals surface area contributed by atoms with Crippen LogP contribution >= 0.6 is 11.6 Å². The molecule has 1 aliphatic rings. The number of carbonyl (C=O) groups is 1. The Balaban J connectivity index is 1.51. The average molecular weight is 333 g/mol. The molecule has 122 valence electrons. The van der Waals surface area contributed by atoms with Gasteiger partial charge in [0.05, 0.1) is 16.9 Å². The molecule has 23 heavy (non-hydrogen) atoms. The van der Waals surface area contributed by atoms with Crippen LogP contribution in [0.25, 0.3) is 5.69 Å². The number of para-hydroxylation sites is 1. The molecule has 1 saturated carbocycles. The lowest BCUT2D eigenvalue weighted by atomic mass is 10.0. The van der Waals surface area contributed by atoms with Crippen molar-refractivity contribution in [1.82, 2.24) is 20.3 Å². The highest BCUT2D eigenvalue weighted by Crippen LogP contribution is 2.28. The molecule has 0 saturated heterocycles. The molecule has 1 aromatic heterocycles. The van der Waals surface area contributed by atoms with E-state index in [2.05, 4.69) is 15.6 Å². The summed E-state index contributed by atoms with van der Waals surface area (Å²) in [6.45, 7) is 0.689. The fraction of sp³-hybridized carbons (Fsp3) is 0.471. The summed E-state index contributed by atoms with van der Waals surface area (Å²) in [6, 6.07) is 7.33. The number of hydrogen-bond acceptors (Lipinski definition) is 3. The Morgan fingerprint density at radius 2 is 2.09 bits per heavy atom. The zero-order chi connectivity index (χ0) is 16.1. The van der Waals surface area contributed by atoms with Crippen LogP contribution in [0.5, 0.6) is 0 Å². The van der Waals surface area contributed by atoms with Gasteiger partial charge in [-0.2, -0.15) is 0 Å². The lowest BCUT2D eigenvalue weighted by Gasteiger charge is -2.08. The summed E-state index contributed by atoms with van der Waals surface area (Å²) >= 11 is 6.12. The van der Waals surface area contributed by atoms with Gasteiger partial charge in [-0.25, -0.2) is 4.68 Å². The predicted octanol–water partition coefficient (Wildman–Crippen LogP) is 3.62. The molecule has 2 aromatic rings. The molecular weight excluding hydrogens is 312 g/mol. The zero-order valence-electron chi connectivity index (χ0n) is 13.0. The molecule has 3 rings (SSSR count). The molecule has 1 heterocycles. The summed E-state index contributed by atoms with van der Waals surface area (Å²) in [4.78, 5) is 12.1. The van der Waals surface area contributed by atoms with Gasteiger partial charge >= 0.3 is 0 Å². The Hall–Kier alpha value is -1.88. The van der Waals surface area contributed by atoms with E-state index < -0.39 is 0 Å². The third kappa shape index (κ3) is 4.10. The SMILES string of the molecule is O=C(NCCCC1CCCC1)c1cn(-c2ccccc2Cl)nn1. The summed E-state index contributed by atoms with van der Waals surface area (Å²) < 4.78 is 1.52. The largest absolute Gasteiger partial charge is 0.351 e. The van der Waals surface area contributed by atoms with Gasteiger partial charge in [0.15, 0.2) is 5.69 Å². The molecule has 1 fully saturated rings. The summed E-state index contributed by atoms with van der Waals surface area (Å²) in [5, 5.41) is 11.4. The van der Waals surface area contributed by atoms with Crippen LogP contribution in [0.1, 0.15) is 49.0 Å². The second-order valence-electron chi connectivity index (χ2n) is 6.05. The van der Waals surface area contributed by atoms with Crippen molar-refractivity contribution in [1.29, 1.82) is 0 Å². The van der Waals surface area contributed by atoms with Crippen LogP contribution in [0.15, 0.2) is 30.5 Å². The standard InChI is InChI=1S/C17H21ClN4O/c18-14-9-3-4-10-16(14)22-12-15(20-21-22)17(23)19-11-5-8-13-6-1-2-7-13/h3-4,9-10,12-13H,1-2,5-8,11H2,(H,19,23). The van der Waals surface area contributed by atoms with Gasteiger partial charge in [0, 0.05) is 6.54 Å². The van der Waals surface area contributed by atoms with Crippen molar-refractivity contribution in [3.8, 4) is 5.69 Å². The van der Waals surface area contributed by atoms with E-state index in [1.807, 2.05) is 18.2 Å². The third-order valence-corrected chi connectivity index (χ3v) is 4.69. The van der Waals surface area contributed by atoms with E-state index >= 15 is 0 Å². The van der Waals surface area contributed by atoms with Crippen molar-refractivity contribution >= 4 is 17.5 Å². The molecule has 0 spiro atoms. The second kappa shape index (κ2) is 7.59. The predicted molar refractivity (Wildman–Crippen MR) is 89.9 cm³/mol. The molecule has 0 radical (unpaired) electrons. The summed E-state index contributed by atoms with van der Waals surface area (Å²) in [5.41, 5.74) is 1.02. The fourth-order valence-corrected chi connectivity index (χ4v) is 3.33. The van der Waals surface area contributed by atoms with E-state index in [-0.39, 0.29) is 5.91 Å². The van der Waals surface area contributed by atoms with Gasteiger partial charge in [-0.1, -0.05) is 54.6 Å². The molecule has 6 heteroatoms. The van der Waals surface area contributed by atoms with Crippen LogP contribution in [0.4, 0.5) is 0 Å². The van der Waals surface area contributed by atoms with Crippen LogP contribution in [0.2, 0.25) is 5.02 Å². The van der Waals surface area contributed by atoms with E-state index in [1.165, 1.54) is 36.8 Å². The molecule has 5 nitrogen and oxygen atoms in total. The van der Waals surface area contributed by atoms with Crippen molar-refractivity contribution < 1.29 is 4.79 Å². The highest BCUT2D eigenvalue weighted by Gasteiger charge is 2.15. The lowest BCUT2D eigenvalue weighted by Crippen LogP contribution is -2.25. The Bertz CT molecular complexity index is 664. The molecular formula is C17H21ClN4O. The molecule has 1 amide bonds. The van der Waals surface area contributed by atoms with Crippen molar-refractivity contribution in [2.75, 3.05) is 6.54 Å². The zero-order valence-corrected chi connectivity index (χ0v) is 13.8. The third-order valence-electron chi connectivity index (χ3n) is 4.37. The van der Waals surface area contributed by atoms with Crippen molar-refractivity contribution in [3.05, 3.63) is 41.2 Å². The number of amides is 1. The minimum Gasteiger partial charge on any atom is -0.351 e. The first-order chi connectivity index (χ1) is 11.2. The van der Waals surface area contributed by atoms with E-state index in [1.54, 1.807) is 12.3 Å². The number of benzene rings is 1. The number of halogens is 1. The Labute approximate surface area is 141 Å². The number of hydrogen-bond donors (Lipinski definition) is 1. The second-order valence-corrected chi connectivity index (χ2v) is 6.46. The number of carbonyl (C=O) groups excluding carboxylic acids is 1. The number of aromatic nitrogens is 3. The smallest absolute Gasteiger partial charge is 0.273 e. The first kappa shape index (κ1) is 16.0. The number of nitrogens with one attached hydrogen (secondary N) is 1. The topological polar surface area (TPSA) is 59.8 Å². The summed E-state index contributed by atoms with van der Waals surface area (Å²) in [6.07, 6.45) is 9.25. The maximum Gasteiger partial charge on any atom is 0.273 e. The molecule has 0 atom stereocenters. The molecule has 0 bridgehead atoms. The van der Waals surface area contributed by atoms with E-state index in [4.69, 9.17) is 11.6 Å². The van der Waals surface area contributed by atoms with Crippen LogP contribution < -0.4 is 5.32 Å². The molecule has 0 unspecified atom stereocenters. The summed E-state index contributed by atoms with van der Waals surface area (Å²) in [7, 11) is 0. The monoisotopic (exact) mass is 332 g/mol. The van der Waals surface area contributed by atoms with Crippen molar-refractivity contribution in [2.24, 2.45) is 5.92 Å². The Morgan fingerprint density at radius 3 is 2.87 bits per heavy atom. The van der Waals surface area contributed by atoms with Gasteiger partial charge in [0.2, 0.25) is 0 Å².